The standard InChI is InChI=1S/C21H17ClN2O2/c22-19-9-5-4-8-17(19)12-15-10-11-20(25)18(13-15)14-23-24-21(26)16-6-2-1-3-7-16/h1-11,13-14,25H,12H2,(H,24,26)/b23-14+. The summed E-state index contributed by atoms with van der Waals surface area (Å²) < 4.78 is 0. The summed E-state index contributed by atoms with van der Waals surface area (Å²) in [6.07, 6.45) is 2.06. The molecule has 0 aliphatic heterocycles. The van der Waals surface area contributed by atoms with E-state index in [1.165, 1.54) is 6.21 Å². The van der Waals surface area contributed by atoms with Crippen molar-refractivity contribution in [2.75, 3.05) is 0 Å². The molecule has 0 saturated heterocycles. The smallest absolute Gasteiger partial charge is 0.271 e. The van der Waals surface area contributed by atoms with Gasteiger partial charge < -0.3 is 5.11 Å². The van der Waals surface area contributed by atoms with Crippen LogP contribution in [0.1, 0.15) is 27.0 Å². The molecule has 0 radical (unpaired) electrons. The molecule has 3 aromatic carbocycles. The molecule has 0 aromatic heterocycles. The molecule has 0 bridgehead atoms. The zero-order chi connectivity index (χ0) is 18.4. The molecule has 3 rings (SSSR count). The molecule has 0 heterocycles. The Balaban J connectivity index is 1.72. The number of benzene rings is 3. The van der Waals surface area contributed by atoms with Gasteiger partial charge in [0.1, 0.15) is 5.75 Å². The quantitative estimate of drug-likeness (QED) is 0.520. The molecular weight excluding hydrogens is 348 g/mol. The number of phenolic OH excluding ortho intramolecular Hbond substituents is 1. The monoisotopic (exact) mass is 364 g/mol. The highest BCUT2D eigenvalue weighted by molar-refractivity contribution is 6.31. The molecule has 0 saturated carbocycles. The third kappa shape index (κ3) is 4.49. The molecule has 26 heavy (non-hydrogen) atoms. The number of carbonyl (C=O) groups is 1. The Bertz CT molecular complexity index is 940. The largest absolute Gasteiger partial charge is 0.507 e. The molecule has 1 amide bonds. The number of nitrogens with zero attached hydrogens (tertiary/aromatic N) is 1. The molecular formula is C21H17ClN2O2. The molecule has 0 fully saturated rings. The molecule has 5 heteroatoms. The van der Waals surface area contributed by atoms with Gasteiger partial charge in [0, 0.05) is 16.1 Å². The number of nitrogens with one attached hydrogen (secondary N) is 1. The molecule has 3 aromatic rings. The Morgan fingerprint density at radius 3 is 2.54 bits per heavy atom. The maximum Gasteiger partial charge on any atom is 0.271 e. The molecule has 0 aliphatic carbocycles. The van der Waals surface area contributed by atoms with Gasteiger partial charge in [0.2, 0.25) is 0 Å². The van der Waals surface area contributed by atoms with Crippen LogP contribution in [0.25, 0.3) is 0 Å². The lowest BCUT2D eigenvalue weighted by atomic mass is 10.0. The van der Waals surface area contributed by atoms with Gasteiger partial charge in [-0.3, -0.25) is 4.79 Å². The van der Waals surface area contributed by atoms with E-state index in [0.717, 1.165) is 11.1 Å². The van der Waals surface area contributed by atoms with Crippen molar-refractivity contribution in [3.05, 3.63) is 100 Å². The second-order valence-corrected chi connectivity index (χ2v) is 6.13. The van der Waals surface area contributed by atoms with Crippen LogP contribution in [0, 0.1) is 0 Å². The minimum Gasteiger partial charge on any atom is -0.507 e. The van der Waals surface area contributed by atoms with E-state index >= 15 is 0 Å². The topological polar surface area (TPSA) is 61.7 Å². The normalized spacial score (nSPS) is 10.8. The number of halogens is 1. The first-order valence-corrected chi connectivity index (χ1v) is 8.45. The predicted molar refractivity (Wildman–Crippen MR) is 104 cm³/mol. The van der Waals surface area contributed by atoms with Crippen molar-refractivity contribution >= 4 is 23.7 Å². The van der Waals surface area contributed by atoms with Crippen molar-refractivity contribution in [3.8, 4) is 5.75 Å². The van der Waals surface area contributed by atoms with Gasteiger partial charge in [-0.25, -0.2) is 5.43 Å². The van der Waals surface area contributed by atoms with Gasteiger partial charge >= 0.3 is 0 Å². The van der Waals surface area contributed by atoms with Crippen LogP contribution in [0.4, 0.5) is 0 Å². The number of phenols is 1. The van der Waals surface area contributed by atoms with Gasteiger partial charge in [-0.2, -0.15) is 5.10 Å². The third-order valence-corrected chi connectivity index (χ3v) is 4.22. The minimum atomic E-state index is -0.312. The van der Waals surface area contributed by atoms with Gasteiger partial charge in [0.25, 0.3) is 5.91 Å². The van der Waals surface area contributed by atoms with Crippen LogP contribution in [-0.4, -0.2) is 17.2 Å². The van der Waals surface area contributed by atoms with Crippen LogP contribution in [0.2, 0.25) is 5.02 Å². The fourth-order valence-corrected chi connectivity index (χ4v) is 2.70. The number of hydrogen-bond acceptors (Lipinski definition) is 3. The SMILES string of the molecule is O=C(N/N=C/c1cc(Cc2ccccc2Cl)ccc1O)c1ccccc1. The van der Waals surface area contributed by atoms with Crippen molar-refractivity contribution in [2.24, 2.45) is 5.10 Å². The number of carbonyl (C=O) groups excluding carboxylic acids is 1. The van der Waals surface area contributed by atoms with E-state index in [9.17, 15) is 9.90 Å². The summed E-state index contributed by atoms with van der Waals surface area (Å²) in [6, 6.07) is 21.7. The molecule has 0 aliphatic rings. The van der Waals surface area contributed by atoms with Crippen molar-refractivity contribution in [3.63, 3.8) is 0 Å². The van der Waals surface area contributed by atoms with E-state index in [4.69, 9.17) is 11.6 Å². The van der Waals surface area contributed by atoms with Crippen LogP contribution in [0.3, 0.4) is 0 Å². The summed E-state index contributed by atoms with van der Waals surface area (Å²) in [4.78, 5) is 12.0. The van der Waals surface area contributed by atoms with Gasteiger partial charge in [0.15, 0.2) is 0 Å². The second-order valence-electron chi connectivity index (χ2n) is 5.73. The Labute approximate surface area is 156 Å². The lowest BCUT2D eigenvalue weighted by Gasteiger charge is -2.07. The lowest BCUT2D eigenvalue weighted by Crippen LogP contribution is -2.17. The van der Waals surface area contributed by atoms with Gasteiger partial charge in [-0.1, -0.05) is 54.1 Å². The summed E-state index contributed by atoms with van der Waals surface area (Å²) in [6.45, 7) is 0. The second kappa shape index (κ2) is 8.32. The van der Waals surface area contributed by atoms with Crippen molar-refractivity contribution in [2.45, 2.75) is 6.42 Å². The van der Waals surface area contributed by atoms with Gasteiger partial charge in [-0.15, -0.1) is 0 Å². The highest BCUT2D eigenvalue weighted by atomic mass is 35.5. The summed E-state index contributed by atoms with van der Waals surface area (Å²) in [5, 5.41) is 14.6. The summed E-state index contributed by atoms with van der Waals surface area (Å²) >= 11 is 6.20. The first-order valence-electron chi connectivity index (χ1n) is 8.07. The van der Waals surface area contributed by atoms with Crippen molar-refractivity contribution in [1.82, 2.24) is 5.43 Å². The van der Waals surface area contributed by atoms with Gasteiger partial charge in [-0.05, 0) is 47.9 Å². The Morgan fingerprint density at radius 1 is 1.04 bits per heavy atom. The van der Waals surface area contributed by atoms with E-state index < -0.39 is 0 Å². The number of rotatable bonds is 5. The number of hydrogen-bond donors (Lipinski definition) is 2. The highest BCUT2D eigenvalue weighted by Gasteiger charge is 2.05. The lowest BCUT2D eigenvalue weighted by molar-refractivity contribution is 0.0955. The average molecular weight is 365 g/mol. The molecule has 4 nitrogen and oxygen atoms in total. The molecule has 130 valence electrons. The summed E-state index contributed by atoms with van der Waals surface area (Å²) in [5.41, 5.74) is 5.46. The van der Waals surface area contributed by atoms with Crippen LogP contribution >= 0.6 is 11.6 Å². The van der Waals surface area contributed by atoms with Gasteiger partial charge in [0.05, 0.1) is 6.21 Å². The molecule has 0 spiro atoms. The Morgan fingerprint density at radius 2 is 1.77 bits per heavy atom. The van der Waals surface area contributed by atoms with E-state index in [-0.39, 0.29) is 11.7 Å². The number of aromatic hydroxyl groups is 1. The van der Waals surface area contributed by atoms with Crippen LogP contribution < -0.4 is 5.43 Å². The van der Waals surface area contributed by atoms with E-state index in [1.807, 2.05) is 42.5 Å². The zero-order valence-electron chi connectivity index (χ0n) is 13.9. The maximum atomic E-state index is 12.0. The van der Waals surface area contributed by atoms with E-state index in [1.54, 1.807) is 30.3 Å². The third-order valence-electron chi connectivity index (χ3n) is 3.85. The molecule has 0 unspecified atom stereocenters. The highest BCUT2D eigenvalue weighted by Crippen LogP contribution is 2.22. The Kier molecular flexibility index (Phi) is 5.66. The van der Waals surface area contributed by atoms with Crippen LogP contribution in [0.5, 0.6) is 5.75 Å². The summed E-state index contributed by atoms with van der Waals surface area (Å²) in [5.74, 6) is -0.223. The zero-order valence-corrected chi connectivity index (χ0v) is 14.6. The van der Waals surface area contributed by atoms with E-state index in [0.29, 0.717) is 22.6 Å². The van der Waals surface area contributed by atoms with Crippen LogP contribution in [0.15, 0.2) is 77.9 Å². The van der Waals surface area contributed by atoms with Crippen LogP contribution in [-0.2, 0) is 6.42 Å². The maximum absolute atomic E-state index is 12.0. The fraction of sp³-hybridized carbons (Fsp3) is 0.0476. The molecule has 2 N–H and O–H groups in total. The average Bonchev–Trinajstić information content (AvgIpc) is 2.66. The number of hydrazone groups is 1. The van der Waals surface area contributed by atoms with Crippen molar-refractivity contribution in [1.29, 1.82) is 0 Å². The molecule has 0 atom stereocenters. The van der Waals surface area contributed by atoms with Crippen molar-refractivity contribution < 1.29 is 9.90 Å². The summed E-state index contributed by atoms with van der Waals surface area (Å²) in [7, 11) is 0. The number of amides is 1. The minimum absolute atomic E-state index is 0.0885. The first kappa shape index (κ1) is 17.7. The first-order chi connectivity index (χ1) is 12.6. The van der Waals surface area contributed by atoms with E-state index in [2.05, 4.69) is 10.5 Å². The fourth-order valence-electron chi connectivity index (χ4n) is 2.49. The Hall–Kier alpha value is -3.11. The predicted octanol–water partition coefficient (Wildman–Crippen LogP) is 4.40.